The maximum Gasteiger partial charge on any atom is 0.270 e. The molecule has 7 heteroatoms. The van der Waals surface area contributed by atoms with Crippen molar-refractivity contribution in [2.45, 2.75) is 6.42 Å². The quantitative estimate of drug-likeness (QED) is 0.816. The van der Waals surface area contributed by atoms with Crippen molar-refractivity contribution in [3.05, 3.63) is 29.5 Å². The third kappa shape index (κ3) is 4.40. The molecular formula is C16H22N4O2S. The fourth-order valence-electron chi connectivity index (χ4n) is 2.56. The molecule has 0 saturated carbocycles. The second kappa shape index (κ2) is 7.72. The minimum atomic E-state index is -0.113. The number of hydrogen-bond donors (Lipinski definition) is 1. The number of carbonyl (C=O) groups excluding carboxylic acids is 1. The maximum absolute atomic E-state index is 12.1. The van der Waals surface area contributed by atoms with E-state index in [0.29, 0.717) is 18.0 Å². The zero-order valence-corrected chi connectivity index (χ0v) is 14.1. The van der Waals surface area contributed by atoms with Gasteiger partial charge in [0.25, 0.3) is 5.91 Å². The van der Waals surface area contributed by atoms with E-state index < -0.39 is 0 Å². The van der Waals surface area contributed by atoms with Crippen LogP contribution in [0.15, 0.2) is 28.2 Å². The van der Waals surface area contributed by atoms with Gasteiger partial charge in [0.05, 0.1) is 6.26 Å². The lowest BCUT2D eigenvalue weighted by Crippen LogP contribution is -2.45. The van der Waals surface area contributed by atoms with Crippen LogP contribution in [0.2, 0.25) is 0 Å². The maximum atomic E-state index is 12.1. The average molecular weight is 334 g/mol. The van der Waals surface area contributed by atoms with Gasteiger partial charge in [-0.25, -0.2) is 4.98 Å². The normalized spacial score (nSPS) is 16.6. The highest BCUT2D eigenvalue weighted by Crippen LogP contribution is 2.23. The molecule has 1 fully saturated rings. The first kappa shape index (κ1) is 16.2. The molecule has 1 N–H and O–H groups in total. The van der Waals surface area contributed by atoms with E-state index >= 15 is 0 Å². The highest BCUT2D eigenvalue weighted by atomic mass is 32.1. The Labute approximate surface area is 140 Å². The molecule has 6 nitrogen and oxygen atoms in total. The molecule has 0 bridgehead atoms. The molecule has 23 heavy (non-hydrogen) atoms. The lowest BCUT2D eigenvalue weighted by Gasteiger charge is -2.32. The number of thiazole rings is 1. The first-order chi connectivity index (χ1) is 11.2. The molecular weight excluding hydrogens is 312 g/mol. The number of carbonyl (C=O) groups is 1. The van der Waals surface area contributed by atoms with Gasteiger partial charge in [-0.1, -0.05) is 0 Å². The van der Waals surface area contributed by atoms with Gasteiger partial charge >= 0.3 is 0 Å². The summed E-state index contributed by atoms with van der Waals surface area (Å²) in [6.45, 7) is 6.19. The fourth-order valence-corrected chi connectivity index (χ4v) is 3.32. The number of furan rings is 1. The molecule has 1 aliphatic rings. The zero-order valence-electron chi connectivity index (χ0n) is 13.3. The molecule has 0 radical (unpaired) electrons. The minimum Gasteiger partial charge on any atom is -0.462 e. The largest absolute Gasteiger partial charge is 0.462 e. The summed E-state index contributed by atoms with van der Waals surface area (Å²) in [5.74, 6) is 0.585. The number of piperazine rings is 1. The Morgan fingerprint density at radius 1 is 1.39 bits per heavy atom. The summed E-state index contributed by atoms with van der Waals surface area (Å²) >= 11 is 1.42. The number of nitrogens with zero attached hydrogens (tertiary/aromatic N) is 3. The highest BCUT2D eigenvalue weighted by Gasteiger charge is 2.14. The van der Waals surface area contributed by atoms with Crippen molar-refractivity contribution in [3.8, 4) is 10.8 Å². The molecule has 1 amide bonds. The standard InChI is InChI=1S/C16H22N4O2S/c1-19-7-9-20(10-8-19)6-3-5-17-15(21)13-12-23-16(18-13)14-4-2-11-22-14/h2,4,11-12H,3,5-10H2,1H3,(H,17,21). The van der Waals surface area contributed by atoms with Gasteiger partial charge < -0.3 is 19.5 Å². The van der Waals surface area contributed by atoms with Crippen LogP contribution in [0, 0.1) is 0 Å². The zero-order chi connectivity index (χ0) is 16.1. The van der Waals surface area contributed by atoms with E-state index in [2.05, 4.69) is 27.1 Å². The predicted molar refractivity (Wildman–Crippen MR) is 90.7 cm³/mol. The van der Waals surface area contributed by atoms with Crippen molar-refractivity contribution < 1.29 is 9.21 Å². The lowest BCUT2D eigenvalue weighted by molar-refractivity contribution is 0.0945. The van der Waals surface area contributed by atoms with Crippen molar-refractivity contribution in [1.29, 1.82) is 0 Å². The van der Waals surface area contributed by atoms with Gasteiger partial charge in [-0.3, -0.25) is 4.79 Å². The molecule has 1 aliphatic heterocycles. The van der Waals surface area contributed by atoms with Gasteiger partial charge in [0.15, 0.2) is 10.8 Å². The third-order valence-corrected chi connectivity index (χ3v) is 4.86. The van der Waals surface area contributed by atoms with Crippen LogP contribution in [-0.4, -0.2) is 67.0 Å². The number of likely N-dealkylation sites (N-methyl/N-ethyl adjacent to an activating group) is 1. The van der Waals surface area contributed by atoms with Gasteiger partial charge in [-0.15, -0.1) is 11.3 Å². The van der Waals surface area contributed by atoms with E-state index in [-0.39, 0.29) is 5.91 Å². The van der Waals surface area contributed by atoms with E-state index in [1.807, 2.05) is 12.1 Å². The van der Waals surface area contributed by atoms with Crippen LogP contribution >= 0.6 is 11.3 Å². The molecule has 0 spiro atoms. The van der Waals surface area contributed by atoms with Crippen LogP contribution in [0.5, 0.6) is 0 Å². The van der Waals surface area contributed by atoms with Crippen molar-refractivity contribution in [2.24, 2.45) is 0 Å². The summed E-state index contributed by atoms with van der Waals surface area (Å²) < 4.78 is 5.29. The van der Waals surface area contributed by atoms with E-state index in [4.69, 9.17) is 4.42 Å². The summed E-state index contributed by atoms with van der Waals surface area (Å²) in [6.07, 6.45) is 2.57. The average Bonchev–Trinajstić information content (AvgIpc) is 3.23. The topological polar surface area (TPSA) is 61.6 Å². The Hall–Kier alpha value is -1.70. The third-order valence-electron chi connectivity index (χ3n) is 4.00. The van der Waals surface area contributed by atoms with Gasteiger partial charge in [-0.2, -0.15) is 0 Å². The van der Waals surface area contributed by atoms with E-state index in [9.17, 15) is 4.79 Å². The Balaban J connectivity index is 1.40. The van der Waals surface area contributed by atoms with Gasteiger partial charge in [-0.05, 0) is 32.1 Å². The SMILES string of the molecule is CN1CCN(CCCNC(=O)c2csc(-c3ccco3)n2)CC1. The summed E-state index contributed by atoms with van der Waals surface area (Å²) in [5.41, 5.74) is 0.459. The smallest absolute Gasteiger partial charge is 0.270 e. The molecule has 1 saturated heterocycles. The van der Waals surface area contributed by atoms with Gasteiger partial charge in [0.1, 0.15) is 5.69 Å². The summed E-state index contributed by atoms with van der Waals surface area (Å²) in [4.78, 5) is 21.2. The first-order valence-corrected chi connectivity index (χ1v) is 8.79. The Bertz CT molecular complexity index is 618. The lowest BCUT2D eigenvalue weighted by atomic mass is 10.3. The second-order valence-corrected chi connectivity index (χ2v) is 6.63. The summed E-state index contributed by atoms with van der Waals surface area (Å²) in [6, 6.07) is 3.66. The number of nitrogens with one attached hydrogen (secondary N) is 1. The van der Waals surface area contributed by atoms with E-state index in [1.54, 1.807) is 11.6 Å². The van der Waals surface area contributed by atoms with E-state index in [0.717, 1.165) is 44.2 Å². The molecule has 3 heterocycles. The summed E-state index contributed by atoms with van der Waals surface area (Å²) in [7, 11) is 2.16. The van der Waals surface area contributed by atoms with Crippen LogP contribution < -0.4 is 5.32 Å². The molecule has 0 aromatic carbocycles. The molecule has 0 atom stereocenters. The monoisotopic (exact) mass is 334 g/mol. The molecule has 3 rings (SSSR count). The predicted octanol–water partition coefficient (Wildman–Crippen LogP) is 1.77. The van der Waals surface area contributed by atoms with Crippen LogP contribution in [0.25, 0.3) is 10.8 Å². The fraction of sp³-hybridized carbons (Fsp3) is 0.500. The second-order valence-electron chi connectivity index (χ2n) is 5.77. The molecule has 2 aromatic heterocycles. The summed E-state index contributed by atoms with van der Waals surface area (Å²) in [5, 5.41) is 5.45. The van der Waals surface area contributed by atoms with Crippen molar-refractivity contribution in [2.75, 3.05) is 46.3 Å². The van der Waals surface area contributed by atoms with Crippen molar-refractivity contribution >= 4 is 17.2 Å². The van der Waals surface area contributed by atoms with Crippen molar-refractivity contribution in [3.63, 3.8) is 0 Å². The van der Waals surface area contributed by atoms with Crippen LogP contribution in [-0.2, 0) is 0 Å². The Morgan fingerprint density at radius 2 is 2.22 bits per heavy atom. The highest BCUT2D eigenvalue weighted by molar-refractivity contribution is 7.13. The van der Waals surface area contributed by atoms with Crippen LogP contribution in [0.4, 0.5) is 0 Å². The minimum absolute atomic E-state index is 0.113. The van der Waals surface area contributed by atoms with E-state index in [1.165, 1.54) is 11.3 Å². The number of rotatable bonds is 6. The molecule has 0 aliphatic carbocycles. The Kier molecular flexibility index (Phi) is 5.43. The molecule has 124 valence electrons. The Morgan fingerprint density at radius 3 is 2.96 bits per heavy atom. The van der Waals surface area contributed by atoms with Gasteiger partial charge in [0.2, 0.25) is 0 Å². The molecule has 0 unspecified atom stereocenters. The van der Waals surface area contributed by atoms with Gasteiger partial charge in [0, 0.05) is 38.1 Å². The van der Waals surface area contributed by atoms with Crippen molar-refractivity contribution in [1.82, 2.24) is 20.1 Å². The first-order valence-electron chi connectivity index (χ1n) is 7.91. The number of aromatic nitrogens is 1. The van der Waals surface area contributed by atoms with Crippen LogP contribution in [0.3, 0.4) is 0 Å². The number of amides is 1. The molecule has 2 aromatic rings. The van der Waals surface area contributed by atoms with Crippen LogP contribution in [0.1, 0.15) is 16.9 Å². The number of hydrogen-bond acceptors (Lipinski definition) is 6.